The quantitative estimate of drug-likeness (QED) is 0.777. The van der Waals surface area contributed by atoms with Crippen LogP contribution in [0.3, 0.4) is 0 Å². The maximum atomic E-state index is 2.33. The number of hydrogen-bond acceptors (Lipinski definition) is 2. The Morgan fingerprint density at radius 2 is 1.05 bits per heavy atom. The number of benzene rings is 2. The highest BCUT2D eigenvalue weighted by Gasteiger charge is 2.29. The fourth-order valence-electron chi connectivity index (χ4n) is 3.51. The van der Waals surface area contributed by atoms with E-state index in [1.54, 1.807) is 0 Å². The van der Waals surface area contributed by atoms with Crippen LogP contribution in [-0.2, 0) is 0 Å². The van der Waals surface area contributed by atoms with Gasteiger partial charge in [0, 0.05) is 14.1 Å². The van der Waals surface area contributed by atoms with Crippen LogP contribution in [0.2, 0.25) is 0 Å². The van der Waals surface area contributed by atoms with Gasteiger partial charge in [0.15, 0.2) is 0 Å². The summed E-state index contributed by atoms with van der Waals surface area (Å²) < 4.78 is 0. The van der Waals surface area contributed by atoms with Crippen molar-refractivity contribution in [3.8, 4) is 0 Å². The Bertz CT molecular complexity index is 694. The molecule has 0 aromatic heterocycles. The second-order valence-corrected chi connectivity index (χ2v) is 6.01. The Balaban J connectivity index is 1.61. The molecule has 2 aliphatic rings. The molecule has 0 heterocycles. The average Bonchev–Trinajstić information content (AvgIpc) is 3.17. The first-order valence-electron chi connectivity index (χ1n) is 7.75. The lowest BCUT2D eigenvalue weighted by Gasteiger charge is -2.37. The number of hydrogen-bond donors (Lipinski definition) is 0. The summed E-state index contributed by atoms with van der Waals surface area (Å²) in [6, 6.07) is 17.9. The zero-order valence-corrected chi connectivity index (χ0v) is 13.0. The van der Waals surface area contributed by atoms with Gasteiger partial charge in [-0.25, -0.2) is 10.0 Å². The fourth-order valence-corrected chi connectivity index (χ4v) is 3.51. The Labute approximate surface area is 132 Å². The van der Waals surface area contributed by atoms with E-state index in [4.69, 9.17) is 0 Å². The lowest BCUT2D eigenvalue weighted by atomic mass is 10.1. The minimum Gasteiger partial charge on any atom is -0.233 e. The van der Waals surface area contributed by atoms with Gasteiger partial charge in [0.05, 0.1) is 12.1 Å². The Kier molecular flexibility index (Phi) is 3.21. The SMILES string of the molecule is CN(C1C=Cc2ccccc21)N(C)C1C=Cc2ccccc21. The Morgan fingerprint density at radius 1 is 0.636 bits per heavy atom. The third-order valence-corrected chi connectivity index (χ3v) is 4.85. The van der Waals surface area contributed by atoms with Crippen LogP contribution in [0, 0.1) is 0 Å². The number of nitrogens with zero attached hydrogens (tertiary/aromatic N) is 2. The first-order chi connectivity index (χ1) is 10.8. The second kappa shape index (κ2) is 5.24. The van der Waals surface area contributed by atoms with Crippen LogP contribution in [0.4, 0.5) is 0 Å². The molecule has 0 radical (unpaired) electrons. The molecule has 2 aliphatic carbocycles. The molecule has 2 aromatic rings. The van der Waals surface area contributed by atoms with Gasteiger partial charge in [-0.1, -0.05) is 72.8 Å². The van der Waals surface area contributed by atoms with Crippen LogP contribution in [0.1, 0.15) is 34.3 Å². The number of rotatable bonds is 3. The normalized spacial score (nSPS) is 21.6. The van der Waals surface area contributed by atoms with E-state index in [0.717, 1.165) is 0 Å². The van der Waals surface area contributed by atoms with Crippen molar-refractivity contribution in [2.24, 2.45) is 0 Å². The van der Waals surface area contributed by atoms with Gasteiger partial charge >= 0.3 is 0 Å². The summed E-state index contributed by atoms with van der Waals surface area (Å²) in [6.45, 7) is 0. The molecule has 2 aromatic carbocycles. The standard InChI is InChI=1S/C20H20N2/c1-21(19-13-11-15-7-3-5-9-17(15)19)22(2)20-14-12-16-8-4-6-10-18(16)20/h3-14,19-20H,1-2H3. The van der Waals surface area contributed by atoms with E-state index in [0.29, 0.717) is 12.1 Å². The summed E-state index contributed by atoms with van der Waals surface area (Å²) in [4.78, 5) is 0. The highest BCUT2D eigenvalue weighted by Crippen LogP contribution is 2.37. The van der Waals surface area contributed by atoms with Gasteiger partial charge in [0.25, 0.3) is 0 Å². The summed E-state index contributed by atoms with van der Waals surface area (Å²) >= 11 is 0. The monoisotopic (exact) mass is 288 g/mol. The highest BCUT2D eigenvalue weighted by molar-refractivity contribution is 5.63. The van der Waals surface area contributed by atoms with Crippen molar-refractivity contribution in [3.05, 3.63) is 82.9 Å². The average molecular weight is 288 g/mol. The van der Waals surface area contributed by atoms with E-state index in [1.807, 2.05) is 0 Å². The predicted molar refractivity (Wildman–Crippen MR) is 92.0 cm³/mol. The van der Waals surface area contributed by atoms with Crippen molar-refractivity contribution >= 4 is 12.2 Å². The molecule has 0 amide bonds. The number of hydrazine groups is 1. The van der Waals surface area contributed by atoms with Crippen LogP contribution in [0.5, 0.6) is 0 Å². The minimum atomic E-state index is 0.308. The first kappa shape index (κ1) is 13.5. The van der Waals surface area contributed by atoms with Gasteiger partial charge in [-0.3, -0.25) is 0 Å². The van der Waals surface area contributed by atoms with E-state index in [2.05, 4.69) is 96.9 Å². The Morgan fingerprint density at radius 3 is 1.50 bits per heavy atom. The molecule has 0 spiro atoms. The van der Waals surface area contributed by atoms with Crippen molar-refractivity contribution < 1.29 is 0 Å². The van der Waals surface area contributed by atoms with Gasteiger partial charge in [-0.15, -0.1) is 0 Å². The summed E-state index contributed by atoms with van der Waals surface area (Å²) in [7, 11) is 4.34. The molecular formula is C20H20N2. The van der Waals surface area contributed by atoms with Crippen LogP contribution in [0.15, 0.2) is 60.7 Å². The maximum Gasteiger partial charge on any atom is 0.0682 e. The van der Waals surface area contributed by atoms with E-state index >= 15 is 0 Å². The largest absolute Gasteiger partial charge is 0.233 e. The van der Waals surface area contributed by atoms with Gasteiger partial charge in [0.2, 0.25) is 0 Å². The predicted octanol–water partition coefficient (Wildman–Crippen LogP) is 4.30. The van der Waals surface area contributed by atoms with Crippen molar-refractivity contribution in [2.45, 2.75) is 12.1 Å². The molecule has 110 valence electrons. The summed E-state index contributed by atoms with van der Waals surface area (Å²) in [6.07, 6.45) is 9.02. The molecule has 2 nitrogen and oxygen atoms in total. The number of fused-ring (bicyclic) bond motifs is 2. The molecule has 4 rings (SSSR count). The smallest absolute Gasteiger partial charge is 0.0682 e. The molecule has 0 bridgehead atoms. The van der Waals surface area contributed by atoms with Gasteiger partial charge < -0.3 is 0 Å². The lowest BCUT2D eigenvalue weighted by molar-refractivity contribution is -0.0210. The van der Waals surface area contributed by atoms with Gasteiger partial charge in [-0.05, 0) is 22.3 Å². The fraction of sp³-hybridized carbons (Fsp3) is 0.200. The number of likely N-dealkylation sites (N-methyl/N-ethyl adjacent to an activating group) is 2. The van der Waals surface area contributed by atoms with Gasteiger partial charge in [0.1, 0.15) is 0 Å². The third kappa shape index (κ3) is 2.04. The van der Waals surface area contributed by atoms with Crippen molar-refractivity contribution in [2.75, 3.05) is 14.1 Å². The van der Waals surface area contributed by atoms with Crippen LogP contribution in [0.25, 0.3) is 12.2 Å². The zero-order valence-electron chi connectivity index (χ0n) is 13.0. The summed E-state index contributed by atoms with van der Waals surface area (Å²) in [5.41, 5.74) is 5.42. The summed E-state index contributed by atoms with van der Waals surface area (Å²) in [5, 5.41) is 4.67. The molecule has 0 saturated carbocycles. The van der Waals surface area contributed by atoms with Crippen molar-refractivity contribution in [1.29, 1.82) is 0 Å². The second-order valence-electron chi connectivity index (χ2n) is 6.01. The maximum absolute atomic E-state index is 2.33. The molecule has 2 heteroatoms. The van der Waals surface area contributed by atoms with Gasteiger partial charge in [-0.2, -0.15) is 0 Å². The molecule has 2 unspecified atom stereocenters. The van der Waals surface area contributed by atoms with E-state index in [9.17, 15) is 0 Å². The van der Waals surface area contributed by atoms with Crippen molar-refractivity contribution in [3.63, 3.8) is 0 Å². The van der Waals surface area contributed by atoms with E-state index in [-0.39, 0.29) is 0 Å². The summed E-state index contributed by atoms with van der Waals surface area (Å²) in [5.74, 6) is 0. The van der Waals surface area contributed by atoms with Crippen molar-refractivity contribution in [1.82, 2.24) is 10.0 Å². The van der Waals surface area contributed by atoms with Crippen LogP contribution in [-0.4, -0.2) is 24.1 Å². The molecular weight excluding hydrogens is 268 g/mol. The molecule has 0 N–H and O–H groups in total. The van der Waals surface area contributed by atoms with Crippen LogP contribution < -0.4 is 0 Å². The molecule has 0 fully saturated rings. The first-order valence-corrected chi connectivity index (χ1v) is 7.75. The van der Waals surface area contributed by atoms with Crippen LogP contribution >= 0.6 is 0 Å². The molecule has 0 aliphatic heterocycles. The highest BCUT2D eigenvalue weighted by atomic mass is 15.6. The molecule has 0 saturated heterocycles. The molecule has 2 atom stereocenters. The third-order valence-electron chi connectivity index (χ3n) is 4.85. The topological polar surface area (TPSA) is 6.48 Å². The van der Waals surface area contributed by atoms with E-state index < -0.39 is 0 Å². The van der Waals surface area contributed by atoms with E-state index in [1.165, 1.54) is 22.3 Å². The zero-order chi connectivity index (χ0) is 15.1. The lowest BCUT2D eigenvalue weighted by Crippen LogP contribution is -2.40. The molecule has 22 heavy (non-hydrogen) atoms. The Hall–Kier alpha value is -2.16. The minimum absolute atomic E-state index is 0.308.